The number of benzene rings is 2. The number of terminal acetylenes is 1. The first kappa shape index (κ1) is 14.4. The zero-order chi connectivity index (χ0) is 15.6. The Balaban J connectivity index is 1.77. The molecule has 2 aromatic carbocycles. The maximum atomic E-state index is 5.56. The van der Waals surface area contributed by atoms with Crippen molar-refractivity contribution in [2.45, 2.75) is 18.9 Å². The van der Waals surface area contributed by atoms with E-state index in [9.17, 15) is 0 Å². The van der Waals surface area contributed by atoms with Gasteiger partial charge in [-0.2, -0.15) is 0 Å². The van der Waals surface area contributed by atoms with Crippen LogP contribution >= 0.6 is 0 Å². The van der Waals surface area contributed by atoms with Gasteiger partial charge in [0.1, 0.15) is 0 Å². The van der Waals surface area contributed by atoms with E-state index >= 15 is 0 Å². The molecule has 0 spiro atoms. The van der Waals surface area contributed by atoms with Crippen molar-refractivity contribution in [1.82, 2.24) is 9.80 Å². The number of aryl methyl sites for hydroxylation is 2. The molecule has 0 amide bonds. The smallest absolute Gasteiger partial charge is 0.0608 e. The molecule has 2 nitrogen and oxygen atoms in total. The fourth-order valence-corrected chi connectivity index (χ4v) is 4.00. The number of rotatable bonds is 1. The highest BCUT2D eigenvalue weighted by atomic mass is 15.3. The third-order valence-electron chi connectivity index (χ3n) is 5.23. The van der Waals surface area contributed by atoms with Crippen LogP contribution in [0.1, 0.15) is 28.3 Å². The van der Waals surface area contributed by atoms with E-state index in [0.717, 1.165) is 39.0 Å². The van der Waals surface area contributed by atoms with Crippen LogP contribution in [0.15, 0.2) is 48.5 Å². The summed E-state index contributed by atoms with van der Waals surface area (Å²) in [5.74, 6) is 0. The van der Waals surface area contributed by atoms with E-state index in [1.54, 1.807) is 0 Å². The lowest BCUT2D eigenvalue weighted by atomic mass is 9.93. The van der Waals surface area contributed by atoms with Gasteiger partial charge >= 0.3 is 0 Å². The van der Waals surface area contributed by atoms with Crippen molar-refractivity contribution in [3.05, 3.63) is 70.8 Å². The van der Waals surface area contributed by atoms with Crippen molar-refractivity contribution >= 4 is 0 Å². The van der Waals surface area contributed by atoms with Gasteiger partial charge in [-0.3, -0.25) is 4.90 Å². The molecule has 1 heterocycles. The van der Waals surface area contributed by atoms with Gasteiger partial charge in [-0.1, -0.05) is 55.0 Å². The summed E-state index contributed by atoms with van der Waals surface area (Å²) >= 11 is 0. The van der Waals surface area contributed by atoms with Crippen LogP contribution in [0.5, 0.6) is 0 Å². The number of hydrogen-bond donors (Lipinski definition) is 0. The number of nitrogens with zero attached hydrogens (tertiary/aromatic N) is 2. The highest BCUT2D eigenvalue weighted by Gasteiger charge is 2.30. The molecule has 1 saturated heterocycles. The average molecular weight is 302 g/mol. The molecule has 1 aliphatic carbocycles. The van der Waals surface area contributed by atoms with Crippen LogP contribution in [0.25, 0.3) is 0 Å². The third-order valence-corrected chi connectivity index (χ3v) is 5.23. The first-order valence-electron chi connectivity index (χ1n) is 8.47. The summed E-state index contributed by atoms with van der Waals surface area (Å²) in [5, 5.41) is 0. The molecule has 116 valence electrons. The van der Waals surface area contributed by atoms with Crippen molar-refractivity contribution in [1.29, 1.82) is 0 Å². The number of fused-ring (bicyclic) bond motifs is 2. The SMILES string of the molecule is C#CN1CCN(C2c3ccccc3CCc3ccccc32)CC1. The second-order valence-corrected chi connectivity index (χ2v) is 6.45. The zero-order valence-corrected chi connectivity index (χ0v) is 13.4. The molecular formula is C21H22N2. The van der Waals surface area contributed by atoms with Gasteiger partial charge in [0.2, 0.25) is 0 Å². The van der Waals surface area contributed by atoms with E-state index < -0.39 is 0 Å². The minimum atomic E-state index is 0.366. The third kappa shape index (κ3) is 2.62. The van der Waals surface area contributed by atoms with Crippen molar-refractivity contribution in [2.24, 2.45) is 0 Å². The molecule has 2 aromatic rings. The van der Waals surface area contributed by atoms with Crippen LogP contribution < -0.4 is 0 Å². The topological polar surface area (TPSA) is 6.48 Å². The van der Waals surface area contributed by atoms with E-state index in [0.29, 0.717) is 6.04 Å². The molecule has 23 heavy (non-hydrogen) atoms. The molecule has 0 atom stereocenters. The molecule has 1 fully saturated rings. The standard InChI is InChI=1S/C21H22N2/c1-2-22-13-15-23(16-14-22)21-19-9-5-3-7-17(19)11-12-18-8-4-6-10-20(18)21/h1,3-10,21H,11-16H2. The van der Waals surface area contributed by atoms with Crippen LogP contribution in [0.4, 0.5) is 0 Å². The molecule has 0 N–H and O–H groups in total. The summed E-state index contributed by atoms with van der Waals surface area (Å²) in [6.45, 7) is 3.96. The molecule has 0 saturated carbocycles. The molecule has 0 bridgehead atoms. The van der Waals surface area contributed by atoms with Gasteiger partial charge in [0.25, 0.3) is 0 Å². The molecule has 0 radical (unpaired) electrons. The highest BCUT2D eigenvalue weighted by Crippen LogP contribution is 2.37. The minimum absolute atomic E-state index is 0.366. The predicted molar refractivity (Wildman–Crippen MR) is 94.1 cm³/mol. The Morgan fingerprint density at radius 1 is 0.783 bits per heavy atom. The Morgan fingerprint density at radius 3 is 1.83 bits per heavy atom. The fraction of sp³-hybridized carbons (Fsp3) is 0.333. The average Bonchev–Trinajstić information content (AvgIpc) is 2.79. The van der Waals surface area contributed by atoms with Crippen LogP contribution in [-0.2, 0) is 12.8 Å². The predicted octanol–water partition coefficient (Wildman–Crippen LogP) is 3.08. The van der Waals surface area contributed by atoms with Crippen LogP contribution in [0, 0.1) is 12.5 Å². The highest BCUT2D eigenvalue weighted by molar-refractivity contribution is 5.44. The maximum Gasteiger partial charge on any atom is 0.0608 e. The second-order valence-electron chi connectivity index (χ2n) is 6.45. The van der Waals surface area contributed by atoms with Gasteiger partial charge in [0.15, 0.2) is 0 Å². The fourth-order valence-electron chi connectivity index (χ4n) is 4.00. The van der Waals surface area contributed by atoms with E-state index in [1.807, 2.05) is 0 Å². The lowest BCUT2D eigenvalue weighted by molar-refractivity contribution is 0.144. The first-order valence-corrected chi connectivity index (χ1v) is 8.47. The summed E-state index contributed by atoms with van der Waals surface area (Å²) in [6, 6.07) is 21.1. The number of hydrogen-bond acceptors (Lipinski definition) is 2. The van der Waals surface area contributed by atoms with E-state index in [4.69, 9.17) is 6.42 Å². The van der Waals surface area contributed by atoms with Crippen molar-refractivity contribution in [3.63, 3.8) is 0 Å². The van der Waals surface area contributed by atoms with E-state index in [-0.39, 0.29) is 0 Å². The van der Waals surface area contributed by atoms with Gasteiger partial charge in [-0.05, 0) is 35.1 Å². The summed E-state index contributed by atoms with van der Waals surface area (Å²) in [7, 11) is 0. The summed E-state index contributed by atoms with van der Waals surface area (Å²) in [5.41, 5.74) is 5.94. The Hall–Kier alpha value is -2.24. The van der Waals surface area contributed by atoms with Gasteiger partial charge in [-0.25, -0.2) is 0 Å². The van der Waals surface area contributed by atoms with Crippen LogP contribution in [-0.4, -0.2) is 36.0 Å². The molecule has 2 aliphatic rings. The normalized spacial score (nSPS) is 18.7. The van der Waals surface area contributed by atoms with Crippen molar-refractivity contribution in [3.8, 4) is 12.5 Å². The van der Waals surface area contributed by atoms with E-state index in [2.05, 4.69) is 64.4 Å². The van der Waals surface area contributed by atoms with Crippen LogP contribution in [0.3, 0.4) is 0 Å². The molecule has 4 rings (SSSR count). The molecule has 2 heteroatoms. The molecule has 0 aromatic heterocycles. The maximum absolute atomic E-state index is 5.56. The lowest BCUT2D eigenvalue weighted by Crippen LogP contribution is -2.46. The van der Waals surface area contributed by atoms with Gasteiger partial charge in [-0.15, -0.1) is 0 Å². The van der Waals surface area contributed by atoms with Gasteiger partial charge in [0, 0.05) is 32.2 Å². The summed E-state index contributed by atoms with van der Waals surface area (Å²) in [6.07, 6.45) is 7.83. The lowest BCUT2D eigenvalue weighted by Gasteiger charge is -2.39. The minimum Gasteiger partial charge on any atom is -0.330 e. The molecule has 0 unspecified atom stereocenters. The number of piperazine rings is 1. The quantitative estimate of drug-likeness (QED) is 0.747. The Kier molecular flexibility index (Phi) is 3.81. The van der Waals surface area contributed by atoms with Gasteiger partial charge < -0.3 is 4.90 Å². The largest absolute Gasteiger partial charge is 0.330 e. The second kappa shape index (κ2) is 6.10. The van der Waals surface area contributed by atoms with Crippen molar-refractivity contribution in [2.75, 3.05) is 26.2 Å². The van der Waals surface area contributed by atoms with Crippen molar-refractivity contribution < 1.29 is 0 Å². The van der Waals surface area contributed by atoms with Crippen LogP contribution in [0.2, 0.25) is 0 Å². The zero-order valence-electron chi connectivity index (χ0n) is 13.4. The molecular weight excluding hydrogens is 280 g/mol. The summed E-state index contributed by atoms with van der Waals surface area (Å²) in [4.78, 5) is 4.70. The Morgan fingerprint density at radius 2 is 1.30 bits per heavy atom. The Bertz CT molecular complexity index is 688. The first-order chi connectivity index (χ1) is 11.4. The summed E-state index contributed by atoms with van der Waals surface area (Å²) < 4.78 is 0. The van der Waals surface area contributed by atoms with Gasteiger partial charge in [0.05, 0.1) is 6.04 Å². The Labute approximate surface area is 138 Å². The monoisotopic (exact) mass is 302 g/mol. The molecule has 1 aliphatic heterocycles. The van der Waals surface area contributed by atoms with E-state index in [1.165, 1.54) is 22.3 Å².